The monoisotopic (exact) mass is 351 g/mol. The third-order valence-electron chi connectivity index (χ3n) is 4.96. The zero-order chi connectivity index (χ0) is 17.9. The molecule has 0 aliphatic carbocycles. The maximum atomic E-state index is 5.96. The normalized spacial score (nSPS) is 16.7. The second-order valence-electron chi connectivity index (χ2n) is 6.87. The van der Waals surface area contributed by atoms with Crippen molar-refractivity contribution < 1.29 is 9.15 Å². The van der Waals surface area contributed by atoms with E-state index in [1.165, 1.54) is 5.56 Å². The molecule has 1 unspecified atom stereocenters. The van der Waals surface area contributed by atoms with Crippen LogP contribution in [-0.2, 0) is 4.74 Å². The highest BCUT2D eigenvalue weighted by Crippen LogP contribution is 2.27. The SMILES string of the molecule is Cc1ccc2nccc(NCC(c3ccc(C)o3)N3CCOCC3)c2c1. The highest BCUT2D eigenvalue weighted by molar-refractivity contribution is 5.91. The van der Waals surface area contributed by atoms with Gasteiger partial charge in [0, 0.05) is 36.9 Å². The van der Waals surface area contributed by atoms with E-state index in [1.807, 2.05) is 25.3 Å². The van der Waals surface area contributed by atoms with Crippen molar-refractivity contribution in [3.63, 3.8) is 0 Å². The number of nitrogens with zero attached hydrogens (tertiary/aromatic N) is 2. The molecule has 0 radical (unpaired) electrons. The van der Waals surface area contributed by atoms with Crippen LogP contribution in [0.5, 0.6) is 0 Å². The lowest BCUT2D eigenvalue weighted by molar-refractivity contribution is 0.0143. The number of morpholine rings is 1. The Morgan fingerprint density at radius 1 is 1.12 bits per heavy atom. The van der Waals surface area contributed by atoms with E-state index in [2.05, 4.69) is 46.4 Å². The van der Waals surface area contributed by atoms with Gasteiger partial charge < -0.3 is 14.5 Å². The second kappa shape index (κ2) is 7.48. The number of ether oxygens (including phenoxy) is 1. The van der Waals surface area contributed by atoms with Gasteiger partial charge in [0.15, 0.2) is 0 Å². The summed E-state index contributed by atoms with van der Waals surface area (Å²) in [5.41, 5.74) is 3.36. The molecule has 3 aromatic rings. The van der Waals surface area contributed by atoms with Crippen LogP contribution in [0.1, 0.15) is 23.1 Å². The van der Waals surface area contributed by atoms with Crippen molar-refractivity contribution in [1.29, 1.82) is 0 Å². The fourth-order valence-corrected chi connectivity index (χ4v) is 3.55. The number of fused-ring (bicyclic) bond motifs is 1. The van der Waals surface area contributed by atoms with Gasteiger partial charge in [0.1, 0.15) is 11.5 Å². The number of nitrogens with one attached hydrogen (secondary N) is 1. The van der Waals surface area contributed by atoms with Crippen LogP contribution in [0.15, 0.2) is 47.0 Å². The van der Waals surface area contributed by atoms with Crippen molar-refractivity contribution >= 4 is 16.6 Å². The summed E-state index contributed by atoms with van der Waals surface area (Å²) in [6.07, 6.45) is 1.86. The summed E-state index contributed by atoms with van der Waals surface area (Å²) < 4.78 is 11.5. The fourth-order valence-electron chi connectivity index (χ4n) is 3.55. The van der Waals surface area contributed by atoms with Crippen molar-refractivity contribution in [3.8, 4) is 0 Å². The molecule has 0 bridgehead atoms. The Hall–Kier alpha value is -2.37. The van der Waals surface area contributed by atoms with E-state index in [0.717, 1.165) is 61.0 Å². The molecule has 4 rings (SSSR count). The highest BCUT2D eigenvalue weighted by atomic mass is 16.5. The van der Waals surface area contributed by atoms with Crippen LogP contribution in [-0.4, -0.2) is 42.7 Å². The largest absolute Gasteiger partial charge is 0.465 e. The maximum Gasteiger partial charge on any atom is 0.123 e. The van der Waals surface area contributed by atoms with E-state index >= 15 is 0 Å². The van der Waals surface area contributed by atoms with Crippen molar-refractivity contribution in [2.75, 3.05) is 38.2 Å². The van der Waals surface area contributed by atoms with Crippen LogP contribution in [0.4, 0.5) is 5.69 Å². The molecule has 1 aliphatic heterocycles. The van der Waals surface area contributed by atoms with Gasteiger partial charge in [0.2, 0.25) is 0 Å². The summed E-state index contributed by atoms with van der Waals surface area (Å²) in [6.45, 7) is 8.26. The van der Waals surface area contributed by atoms with Crippen molar-refractivity contribution in [2.45, 2.75) is 19.9 Å². The quantitative estimate of drug-likeness (QED) is 0.755. The minimum Gasteiger partial charge on any atom is -0.465 e. The number of hydrogen-bond acceptors (Lipinski definition) is 5. The van der Waals surface area contributed by atoms with E-state index in [9.17, 15) is 0 Å². The first-order valence-corrected chi connectivity index (χ1v) is 9.18. The number of aromatic nitrogens is 1. The third kappa shape index (κ3) is 3.59. The number of anilines is 1. The van der Waals surface area contributed by atoms with E-state index in [4.69, 9.17) is 9.15 Å². The lowest BCUT2D eigenvalue weighted by Crippen LogP contribution is -2.41. The van der Waals surface area contributed by atoms with Crippen LogP contribution >= 0.6 is 0 Å². The Labute approximate surface area is 154 Å². The molecule has 26 heavy (non-hydrogen) atoms. The molecule has 5 heteroatoms. The lowest BCUT2D eigenvalue weighted by atomic mass is 10.1. The summed E-state index contributed by atoms with van der Waals surface area (Å²) in [4.78, 5) is 6.91. The molecule has 3 heterocycles. The van der Waals surface area contributed by atoms with Gasteiger partial charge in [-0.05, 0) is 44.2 Å². The number of pyridine rings is 1. The van der Waals surface area contributed by atoms with Gasteiger partial charge in [-0.2, -0.15) is 0 Å². The molecule has 0 amide bonds. The first-order valence-electron chi connectivity index (χ1n) is 9.18. The summed E-state index contributed by atoms with van der Waals surface area (Å²) in [5, 5.41) is 4.79. The first-order chi connectivity index (χ1) is 12.7. The van der Waals surface area contributed by atoms with Gasteiger partial charge >= 0.3 is 0 Å². The maximum absolute atomic E-state index is 5.96. The minimum atomic E-state index is 0.181. The molecular weight excluding hydrogens is 326 g/mol. The number of benzene rings is 1. The minimum absolute atomic E-state index is 0.181. The number of rotatable bonds is 5. The second-order valence-corrected chi connectivity index (χ2v) is 6.87. The van der Waals surface area contributed by atoms with Gasteiger partial charge in [-0.1, -0.05) is 11.6 Å². The standard InChI is InChI=1S/C21H25N3O2/c1-15-3-5-18-17(13-15)19(7-8-22-18)23-14-20(21-6-4-16(2)26-21)24-9-11-25-12-10-24/h3-8,13,20H,9-12,14H2,1-2H3,(H,22,23). The molecule has 1 saturated heterocycles. The average Bonchev–Trinajstić information content (AvgIpc) is 3.09. The summed E-state index contributed by atoms with van der Waals surface area (Å²) >= 11 is 0. The van der Waals surface area contributed by atoms with Crippen molar-refractivity contribution in [2.24, 2.45) is 0 Å². The predicted octanol–water partition coefficient (Wildman–Crippen LogP) is 3.93. The fraction of sp³-hybridized carbons (Fsp3) is 0.381. The summed E-state index contributed by atoms with van der Waals surface area (Å²) in [6, 6.07) is 12.7. The summed E-state index contributed by atoms with van der Waals surface area (Å²) in [5.74, 6) is 1.95. The molecule has 1 fully saturated rings. The predicted molar refractivity (Wildman–Crippen MR) is 104 cm³/mol. The molecule has 136 valence electrons. The van der Waals surface area contributed by atoms with Gasteiger partial charge in [-0.15, -0.1) is 0 Å². The van der Waals surface area contributed by atoms with Crippen molar-refractivity contribution in [1.82, 2.24) is 9.88 Å². The summed E-state index contributed by atoms with van der Waals surface area (Å²) in [7, 11) is 0. The molecular formula is C21H25N3O2. The molecule has 0 saturated carbocycles. The topological polar surface area (TPSA) is 50.5 Å². The Kier molecular flexibility index (Phi) is 4.91. The van der Waals surface area contributed by atoms with Gasteiger partial charge in [-0.25, -0.2) is 0 Å². The first kappa shape index (κ1) is 17.1. The molecule has 5 nitrogen and oxygen atoms in total. The van der Waals surface area contributed by atoms with Crippen LogP contribution in [0.2, 0.25) is 0 Å². The highest BCUT2D eigenvalue weighted by Gasteiger charge is 2.25. The van der Waals surface area contributed by atoms with E-state index in [-0.39, 0.29) is 6.04 Å². The lowest BCUT2D eigenvalue weighted by Gasteiger charge is -2.33. The molecule has 0 spiro atoms. The molecule has 1 N–H and O–H groups in total. The molecule has 1 aromatic carbocycles. The zero-order valence-electron chi connectivity index (χ0n) is 15.4. The number of furan rings is 1. The van der Waals surface area contributed by atoms with Gasteiger partial charge in [-0.3, -0.25) is 9.88 Å². The van der Waals surface area contributed by atoms with Crippen LogP contribution < -0.4 is 5.32 Å². The zero-order valence-corrected chi connectivity index (χ0v) is 15.4. The van der Waals surface area contributed by atoms with Gasteiger partial charge in [0.25, 0.3) is 0 Å². The Balaban J connectivity index is 1.59. The molecule has 1 aliphatic rings. The van der Waals surface area contributed by atoms with Crippen LogP contribution in [0.25, 0.3) is 10.9 Å². The smallest absolute Gasteiger partial charge is 0.123 e. The van der Waals surface area contributed by atoms with E-state index in [0.29, 0.717) is 0 Å². The third-order valence-corrected chi connectivity index (χ3v) is 4.96. The average molecular weight is 351 g/mol. The van der Waals surface area contributed by atoms with Gasteiger partial charge in [0.05, 0.1) is 24.8 Å². The van der Waals surface area contributed by atoms with Crippen LogP contribution in [0, 0.1) is 13.8 Å². The Bertz CT molecular complexity index is 884. The Morgan fingerprint density at radius 2 is 1.96 bits per heavy atom. The molecule has 1 atom stereocenters. The van der Waals surface area contributed by atoms with Crippen LogP contribution in [0.3, 0.4) is 0 Å². The van der Waals surface area contributed by atoms with E-state index in [1.54, 1.807) is 0 Å². The Morgan fingerprint density at radius 3 is 2.73 bits per heavy atom. The van der Waals surface area contributed by atoms with E-state index < -0.39 is 0 Å². The number of aryl methyl sites for hydroxylation is 2. The van der Waals surface area contributed by atoms with Crippen molar-refractivity contribution in [3.05, 3.63) is 59.7 Å². The number of hydrogen-bond donors (Lipinski definition) is 1. The molecule has 2 aromatic heterocycles.